The summed E-state index contributed by atoms with van der Waals surface area (Å²) in [6.45, 7) is 0. The van der Waals surface area contributed by atoms with Crippen LogP contribution in [0.2, 0.25) is 0 Å². The number of hydrogen-bond acceptors (Lipinski definition) is 6. The molecule has 0 radical (unpaired) electrons. The summed E-state index contributed by atoms with van der Waals surface area (Å²) in [5.74, 6) is 0.00237. The Kier molecular flexibility index (Phi) is 2.94. The van der Waals surface area contributed by atoms with Crippen LogP contribution in [0.3, 0.4) is 0 Å². The van der Waals surface area contributed by atoms with Gasteiger partial charge in [0.1, 0.15) is 5.76 Å². The summed E-state index contributed by atoms with van der Waals surface area (Å²) in [5.41, 5.74) is 1.76. The van der Waals surface area contributed by atoms with Gasteiger partial charge in [0.2, 0.25) is 5.76 Å². The molecule has 28 heavy (non-hydrogen) atoms. The average molecular weight is 365 g/mol. The number of aromatic nitrogens is 1. The number of carbonyl (C=O) groups is 1. The lowest BCUT2D eigenvalue weighted by molar-refractivity contribution is 0.0648. The summed E-state index contributed by atoms with van der Waals surface area (Å²) in [4.78, 5) is 12.2. The minimum atomic E-state index is -0.567. The van der Waals surface area contributed by atoms with Crippen molar-refractivity contribution >= 4 is 51.2 Å². The van der Waals surface area contributed by atoms with Gasteiger partial charge in [-0.05, 0) is 57.1 Å². The first-order chi connectivity index (χ1) is 13.8. The van der Waals surface area contributed by atoms with Crippen molar-refractivity contribution in [3.05, 3.63) is 76.5 Å². The van der Waals surface area contributed by atoms with Gasteiger partial charge in [-0.1, -0.05) is 23.4 Å². The number of esters is 1. The van der Waals surface area contributed by atoms with Gasteiger partial charge in [-0.25, -0.2) is 4.79 Å². The Hall–Kier alpha value is -4.06. The summed E-state index contributed by atoms with van der Waals surface area (Å²) in [7, 11) is 0. The fraction of sp³-hybridized carbons (Fsp3) is 0. The lowest BCUT2D eigenvalue weighted by Crippen LogP contribution is -2.10. The number of hydrogen-bond donors (Lipinski definition) is 0. The van der Waals surface area contributed by atoms with E-state index in [0.29, 0.717) is 5.76 Å². The quantitative estimate of drug-likeness (QED) is 0.400. The standard InChI is InChI=1S/C22H11N3O3/c26-22(21-7-8-24-28-21)27-20-6-5-15-14-2-1-12-10-19-13(11-23-25-19)9-18(12)16(14)3-4-17(15)20/h1-11H. The smallest absolute Gasteiger partial charge is 0.382 e. The van der Waals surface area contributed by atoms with Crippen molar-refractivity contribution in [3.63, 3.8) is 0 Å². The molecule has 0 saturated heterocycles. The minimum absolute atomic E-state index is 0.0714. The highest BCUT2D eigenvalue weighted by Crippen LogP contribution is 2.29. The first-order valence-electron chi connectivity index (χ1n) is 8.74. The van der Waals surface area contributed by atoms with Gasteiger partial charge in [-0.2, -0.15) is 10.2 Å². The molecule has 1 aliphatic heterocycles. The molecule has 6 heteroatoms. The monoisotopic (exact) mass is 365 g/mol. The summed E-state index contributed by atoms with van der Waals surface area (Å²) in [5, 5.41) is 18.2. The highest BCUT2D eigenvalue weighted by Gasteiger charge is 2.19. The van der Waals surface area contributed by atoms with Crippen LogP contribution in [0.15, 0.2) is 69.5 Å². The predicted molar refractivity (Wildman–Crippen MR) is 104 cm³/mol. The fourth-order valence-corrected chi connectivity index (χ4v) is 3.76. The van der Waals surface area contributed by atoms with E-state index in [0.717, 1.165) is 43.2 Å². The third kappa shape index (κ3) is 2.08. The van der Waals surface area contributed by atoms with Crippen LogP contribution in [0.5, 0.6) is 0 Å². The van der Waals surface area contributed by atoms with Crippen LogP contribution in [0.4, 0.5) is 5.69 Å². The summed E-state index contributed by atoms with van der Waals surface area (Å²) < 4.78 is 10.4. The number of rotatable bonds is 2. The van der Waals surface area contributed by atoms with E-state index in [9.17, 15) is 4.79 Å². The van der Waals surface area contributed by atoms with Gasteiger partial charge in [-0.3, -0.25) is 0 Å². The Labute approximate surface area is 157 Å². The van der Waals surface area contributed by atoms with Crippen LogP contribution >= 0.6 is 0 Å². The highest BCUT2D eigenvalue weighted by atomic mass is 16.6. The van der Waals surface area contributed by atoms with Crippen LogP contribution in [-0.4, -0.2) is 11.1 Å². The molecular weight excluding hydrogens is 354 g/mol. The lowest BCUT2D eigenvalue weighted by atomic mass is 9.97. The van der Waals surface area contributed by atoms with Crippen molar-refractivity contribution in [1.82, 2.24) is 5.16 Å². The molecule has 2 aliphatic rings. The minimum Gasteiger partial charge on any atom is -0.420 e. The maximum atomic E-state index is 12.2. The molecule has 0 unspecified atom stereocenters. The molecule has 0 atom stereocenters. The Morgan fingerprint density at radius 1 is 0.964 bits per heavy atom. The van der Waals surface area contributed by atoms with Crippen molar-refractivity contribution < 1.29 is 14.1 Å². The largest absolute Gasteiger partial charge is 0.420 e. The van der Waals surface area contributed by atoms with E-state index in [4.69, 9.17) is 9.26 Å². The maximum Gasteiger partial charge on any atom is 0.382 e. The SMILES string of the molecule is O=C(OC1=CC=c2c1ccc1c2ccc2cc3c(cc21)=CN=N3)c1ccno1. The first kappa shape index (κ1) is 15.0. The van der Waals surface area contributed by atoms with E-state index in [1.54, 1.807) is 12.3 Å². The predicted octanol–water partition coefficient (Wildman–Crippen LogP) is 3.81. The van der Waals surface area contributed by atoms with Gasteiger partial charge in [0.05, 0.1) is 18.1 Å². The fourth-order valence-electron chi connectivity index (χ4n) is 3.76. The van der Waals surface area contributed by atoms with Gasteiger partial charge >= 0.3 is 5.97 Å². The third-order valence-electron chi connectivity index (χ3n) is 5.08. The number of carbonyl (C=O) groups excluding carboxylic acids is 1. The summed E-state index contributed by atoms with van der Waals surface area (Å²) >= 11 is 0. The molecular formula is C22H11N3O3. The maximum absolute atomic E-state index is 12.2. The Morgan fingerprint density at radius 3 is 2.79 bits per heavy atom. The molecule has 6 nitrogen and oxygen atoms in total. The molecule has 4 aromatic rings. The highest BCUT2D eigenvalue weighted by molar-refractivity contribution is 6.10. The van der Waals surface area contributed by atoms with Gasteiger partial charge in [0.15, 0.2) is 0 Å². The zero-order chi connectivity index (χ0) is 18.7. The van der Waals surface area contributed by atoms with E-state index in [-0.39, 0.29) is 5.76 Å². The number of nitrogens with zero attached hydrogens (tertiary/aromatic N) is 3. The van der Waals surface area contributed by atoms with Crippen molar-refractivity contribution in [2.45, 2.75) is 0 Å². The molecule has 1 aliphatic carbocycles. The number of fused-ring (bicyclic) bond motifs is 6. The molecule has 0 amide bonds. The van der Waals surface area contributed by atoms with Crippen LogP contribution < -0.4 is 10.4 Å². The van der Waals surface area contributed by atoms with Gasteiger partial charge in [0.25, 0.3) is 0 Å². The van der Waals surface area contributed by atoms with Gasteiger partial charge < -0.3 is 9.26 Å². The van der Waals surface area contributed by atoms with Crippen molar-refractivity contribution in [1.29, 1.82) is 0 Å². The van der Waals surface area contributed by atoms with Gasteiger partial charge in [0, 0.05) is 16.8 Å². The Morgan fingerprint density at radius 2 is 1.89 bits per heavy atom. The van der Waals surface area contributed by atoms with Crippen LogP contribution in [0.1, 0.15) is 16.1 Å². The average Bonchev–Trinajstić information content (AvgIpc) is 3.46. The van der Waals surface area contributed by atoms with Crippen molar-refractivity contribution in [2.24, 2.45) is 10.2 Å². The van der Waals surface area contributed by atoms with E-state index >= 15 is 0 Å². The molecule has 0 N–H and O–H groups in total. The van der Waals surface area contributed by atoms with E-state index in [1.807, 2.05) is 12.1 Å². The van der Waals surface area contributed by atoms with E-state index in [1.165, 1.54) is 12.3 Å². The Balaban J connectivity index is 1.48. The second-order valence-corrected chi connectivity index (χ2v) is 6.63. The molecule has 0 spiro atoms. The molecule has 6 rings (SSSR count). The van der Waals surface area contributed by atoms with Crippen LogP contribution in [0.25, 0.3) is 39.6 Å². The van der Waals surface area contributed by atoms with Gasteiger partial charge in [-0.15, -0.1) is 0 Å². The molecule has 3 aromatic carbocycles. The normalized spacial score (nSPS) is 13.8. The zero-order valence-corrected chi connectivity index (χ0v) is 14.4. The van der Waals surface area contributed by atoms with Crippen LogP contribution in [-0.2, 0) is 4.74 Å². The third-order valence-corrected chi connectivity index (χ3v) is 5.08. The molecule has 0 saturated carbocycles. The number of benzene rings is 3. The number of ether oxygens (including phenoxy) is 1. The second-order valence-electron chi connectivity index (χ2n) is 6.63. The first-order valence-corrected chi connectivity index (χ1v) is 8.74. The lowest BCUT2D eigenvalue weighted by Gasteiger charge is -2.09. The topological polar surface area (TPSA) is 77.0 Å². The molecule has 0 fully saturated rings. The molecule has 2 heterocycles. The van der Waals surface area contributed by atoms with Crippen LogP contribution in [0, 0.1) is 0 Å². The van der Waals surface area contributed by atoms with Crippen molar-refractivity contribution in [2.75, 3.05) is 0 Å². The molecule has 1 aromatic heterocycles. The zero-order valence-electron chi connectivity index (χ0n) is 14.4. The molecule has 132 valence electrons. The summed E-state index contributed by atoms with van der Waals surface area (Å²) in [6.07, 6.45) is 6.95. The van der Waals surface area contributed by atoms with E-state index in [2.05, 4.69) is 45.7 Å². The van der Waals surface area contributed by atoms with Crippen molar-refractivity contribution in [3.8, 4) is 0 Å². The number of azo groups is 1. The molecule has 0 bridgehead atoms. The Bertz CT molecular complexity index is 1500. The van der Waals surface area contributed by atoms with E-state index < -0.39 is 5.97 Å². The second kappa shape index (κ2) is 5.47. The summed E-state index contributed by atoms with van der Waals surface area (Å²) in [6, 6.07) is 13.8. The number of allylic oxidation sites excluding steroid dienone is 1.